The van der Waals surface area contributed by atoms with Crippen molar-refractivity contribution < 1.29 is 8.42 Å². The Labute approximate surface area is 124 Å². The molecular weight excluding hydrogens is 296 g/mol. The molecule has 2 rings (SSSR count). The fourth-order valence-electron chi connectivity index (χ4n) is 2.20. The normalized spacial score (nSPS) is 15.8. The molecule has 0 spiro atoms. The molecule has 0 atom stereocenters. The first-order chi connectivity index (χ1) is 9.49. The second-order valence-corrected chi connectivity index (χ2v) is 7.90. The molecule has 0 bridgehead atoms. The van der Waals surface area contributed by atoms with E-state index in [1.807, 2.05) is 0 Å². The molecule has 0 aromatic carbocycles. The fourth-order valence-corrected chi connectivity index (χ4v) is 4.40. The van der Waals surface area contributed by atoms with Crippen LogP contribution in [-0.2, 0) is 9.84 Å². The first kappa shape index (κ1) is 15.5. The SMILES string of the molecule is CCN(CCNc1snc(N)c1S(=O)(=O)CC)C1CC1. The number of hydrogen-bond acceptors (Lipinski definition) is 7. The van der Waals surface area contributed by atoms with Gasteiger partial charge in [0.15, 0.2) is 15.7 Å². The molecule has 20 heavy (non-hydrogen) atoms. The number of nitrogens with zero attached hydrogens (tertiary/aromatic N) is 2. The van der Waals surface area contributed by atoms with Crippen LogP contribution in [0.1, 0.15) is 26.7 Å². The maximum atomic E-state index is 12.0. The summed E-state index contributed by atoms with van der Waals surface area (Å²) in [6.07, 6.45) is 2.55. The van der Waals surface area contributed by atoms with Gasteiger partial charge in [0.05, 0.1) is 5.75 Å². The molecule has 1 saturated carbocycles. The lowest BCUT2D eigenvalue weighted by atomic mass is 10.4. The number of nitrogen functional groups attached to an aromatic ring is 1. The molecule has 1 aliphatic carbocycles. The number of nitrogens with two attached hydrogens (primary N) is 1. The number of rotatable bonds is 8. The van der Waals surface area contributed by atoms with Crippen molar-refractivity contribution in [3.8, 4) is 0 Å². The molecule has 0 saturated heterocycles. The quantitative estimate of drug-likeness (QED) is 0.753. The molecule has 1 aliphatic rings. The van der Waals surface area contributed by atoms with Gasteiger partial charge in [0.1, 0.15) is 9.90 Å². The molecule has 1 aromatic heterocycles. The maximum Gasteiger partial charge on any atom is 0.184 e. The summed E-state index contributed by atoms with van der Waals surface area (Å²) in [5.74, 6) is 0.141. The second-order valence-electron chi connectivity index (χ2n) is 4.92. The van der Waals surface area contributed by atoms with Gasteiger partial charge in [-0.25, -0.2) is 8.42 Å². The van der Waals surface area contributed by atoms with E-state index >= 15 is 0 Å². The summed E-state index contributed by atoms with van der Waals surface area (Å²) in [6.45, 7) is 6.40. The lowest BCUT2D eigenvalue weighted by Gasteiger charge is -2.19. The number of sulfone groups is 1. The zero-order chi connectivity index (χ0) is 14.8. The molecule has 6 nitrogen and oxygen atoms in total. The summed E-state index contributed by atoms with van der Waals surface area (Å²) >= 11 is 1.12. The molecular formula is C12H22N4O2S2. The van der Waals surface area contributed by atoms with Crippen LogP contribution in [0.3, 0.4) is 0 Å². The van der Waals surface area contributed by atoms with Crippen LogP contribution in [0.25, 0.3) is 0 Å². The highest BCUT2D eigenvalue weighted by Gasteiger charge is 2.28. The van der Waals surface area contributed by atoms with Crippen LogP contribution >= 0.6 is 11.5 Å². The number of hydrogen-bond donors (Lipinski definition) is 2. The molecule has 3 N–H and O–H groups in total. The topological polar surface area (TPSA) is 88.3 Å². The monoisotopic (exact) mass is 318 g/mol. The largest absolute Gasteiger partial charge is 0.382 e. The van der Waals surface area contributed by atoms with Gasteiger partial charge in [-0.3, -0.25) is 4.90 Å². The van der Waals surface area contributed by atoms with Gasteiger partial charge in [-0.15, -0.1) is 0 Å². The molecule has 114 valence electrons. The van der Waals surface area contributed by atoms with Gasteiger partial charge in [-0.05, 0) is 30.9 Å². The third kappa shape index (κ3) is 3.42. The Hall–Kier alpha value is -0.860. The molecule has 8 heteroatoms. The van der Waals surface area contributed by atoms with Crippen molar-refractivity contribution in [1.82, 2.24) is 9.27 Å². The van der Waals surface area contributed by atoms with E-state index < -0.39 is 9.84 Å². The summed E-state index contributed by atoms with van der Waals surface area (Å²) in [6, 6.07) is 0.715. The van der Waals surface area contributed by atoms with Gasteiger partial charge >= 0.3 is 0 Å². The van der Waals surface area contributed by atoms with E-state index in [-0.39, 0.29) is 16.5 Å². The fraction of sp³-hybridized carbons (Fsp3) is 0.750. The number of aromatic nitrogens is 1. The molecule has 1 heterocycles. The van der Waals surface area contributed by atoms with Crippen molar-refractivity contribution in [1.29, 1.82) is 0 Å². The first-order valence-corrected chi connectivity index (χ1v) is 9.38. The van der Waals surface area contributed by atoms with Crippen molar-refractivity contribution in [2.75, 3.05) is 36.4 Å². The highest BCUT2D eigenvalue weighted by molar-refractivity contribution is 7.91. The van der Waals surface area contributed by atoms with Crippen LogP contribution in [0.2, 0.25) is 0 Å². The Morgan fingerprint density at radius 2 is 2.15 bits per heavy atom. The average molecular weight is 318 g/mol. The van der Waals surface area contributed by atoms with Gasteiger partial charge in [0.25, 0.3) is 0 Å². The smallest absolute Gasteiger partial charge is 0.184 e. The van der Waals surface area contributed by atoms with E-state index in [0.717, 1.165) is 24.6 Å². The van der Waals surface area contributed by atoms with Crippen molar-refractivity contribution in [3.63, 3.8) is 0 Å². The van der Waals surface area contributed by atoms with Crippen molar-refractivity contribution in [2.45, 2.75) is 37.6 Å². The van der Waals surface area contributed by atoms with Crippen LogP contribution in [0.15, 0.2) is 4.90 Å². The van der Waals surface area contributed by atoms with E-state index in [1.54, 1.807) is 6.92 Å². The molecule has 0 aliphatic heterocycles. The van der Waals surface area contributed by atoms with Crippen LogP contribution in [0.5, 0.6) is 0 Å². The Balaban J connectivity index is 1.99. The third-order valence-electron chi connectivity index (χ3n) is 3.52. The van der Waals surface area contributed by atoms with E-state index in [4.69, 9.17) is 5.73 Å². The zero-order valence-corrected chi connectivity index (χ0v) is 13.6. The van der Waals surface area contributed by atoms with Gasteiger partial charge < -0.3 is 11.1 Å². The lowest BCUT2D eigenvalue weighted by Crippen LogP contribution is -2.30. The first-order valence-electron chi connectivity index (χ1n) is 6.95. The summed E-state index contributed by atoms with van der Waals surface area (Å²) in [5.41, 5.74) is 5.69. The van der Waals surface area contributed by atoms with Crippen molar-refractivity contribution in [3.05, 3.63) is 0 Å². The summed E-state index contributed by atoms with van der Waals surface area (Å²) in [5, 5.41) is 3.74. The highest BCUT2D eigenvalue weighted by Crippen LogP contribution is 2.32. The van der Waals surface area contributed by atoms with E-state index in [0.29, 0.717) is 17.6 Å². The van der Waals surface area contributed by atoms with E-state index in [1.165, 1.54) is 12.8 Å². The standard InChI is InChI=1S/C12H22N4O2S2/c1-3-16(9-5-6-9)8-7-14-12-10(11(13)15-19-12)20(17,18)4-2/h9,14H,3-8H2,1-2H3,(H2,13,15). The lowest BCUT2D eigenvalue weighted by molar-refractivity contribution is 0.289. The number of nitrogens with one attached hydrogen (secondary N) is 1. The average Bonchev–Trinajstić information content (AvgIpc) is 3.18. The van der Waals surface area contributed by atoms with Gasteiger partial charge in [0.2, 0.25) is 0 Å². The van der Waals surface area contributed by atoms with Crippen molar-refractivity contribution >= 4 is 32.2 Å². The van der Waals surface area contributed by atoms with Crippen LogP contribution in [0.4, 0.5) is 10.8 Å². The van der Waals surface area contributed by atoms with Crippen LogP contribution in [0, 0.1) is 0 Å². The predicted octanol–water partition coefficient (Wildman–Crippen LogP) is 1.42. The third-order valence-corrected chi connectivity index (χ3v) is 6.26. The summed E-state index contributed by atoms with van der Waals surface area (Å²) in [4.78, 5) is 2.57. The Kier molecular flexibility index (Phi) is 4.87. The number of anilines is 2. The minimum Gasteiger partial charge on any atom is -0.382 e. The predicted molar refractivity (Wildman–Crippen MR) is 83.0 cm³/mol. The molecule has 1 aromatic rings. The minimum atomic E-state index is -3.33. The summed E-state index contributed by atoms with van der Waals surface area (Å²) in [7, 11) is -3.33. The molecule has 0 unspecified atom stereocenters. The van der Waals surface area contributed by atoms with Gasteiger partial charge in [-0.1, -0.05) is 13.8 Å². The van der Waals surface area contributed by atoms with Gasteiger partial charge in [-0.2, -0.15) is 4.37 Å². The maximum absolute atomic E-state index is 12.0. The zero-order valence-electron chi connectivity index (χ0n) is 11.9. The highest BCUT2D eigenvalue weighted by atomic mass is 32.2. The number of likely N-dealkylation sites (N-methyl/N-ethyl adjacent to an activating group) is 1. The Morgan fingerprint density at radius 3 is 2.70 bits per heavy atom. The van der Waals surface area contributed by atoms with Gasteiger partial charge in [0, 0.05) is 19.1 Å². The Morgan fingerprint density at radius 1 is 1.45 bits per heavy atom. The second kappa shape index (κ2) is 6.28. The summed E-state index contributed by atoms with van der Waals surface area (Å²) < 4.78 is 28.0. The minimum absolute atomic E-state index is 0.0352. The molecule has 0 amide bonds. The van der Waals surface area contributed by atoms with Crippen LogP contribution < -0.4 is 11.1 Å². The van der Waals surface area contributed by atoms with Crippen LogP contribution in [-0.4, -0.2) is 49.1 Å². The molecule has 1 fully saturated rings. The Bertz CT molecular complexity index is 552. The van der Waals surface area contributed by atoms with Crippen molar-refractivity contribution in [2.24, 2.45) is 0 Å². The molecule has 0 radical (unpaired) electrons. The van der Waals surface area contributed by atoms with E-state index in [2.05, 4.69) is 21.5 Å². The van der Waals surface area contributed by atoms with E-state index in [9.17, 15) is 8.42 Å².